The van der Waals surface area contributed by atoms with E-state index in [9.17, 15) is 0 Å². The highest BCUT2D eigenvalue weighted by molar-refractivity contribution is 5.66. The van der Waals surface area contributed by atoms with Crippen molar-refractivity contribution < 1.29 is 0 Å². The van der Waals surface area contributed by atoms with Crippen LogP contribution in [0.3, 0.4) is 0 Å². The molecule has 0 N–H and O–H groups in total. The van der Waals surface area contributed by atoms with Crippen LogP contribution in [0.1, 0.15) is 40.0 Å². The third kappa shape index (κ3) is 3.23. The first kappa shape index (κ1) is 16.1. The molecule has 25 heavy (non-hydrogen) atoms. The molecule has 0 amide bonds. The van der Waals surface area contributed by atoms with Gasteiger partial charge in [-0.2, -0.15) is 14.6 Å². The van der Waals surface area contributed by atoms with Gasteiger partial charge in [-0.15, -0.1) is 0 Å². The number of aromatic nitrogens is 4. The lowest BCUT2D eigenvalue weighted by molar-refractivity contribution is 0.338. The summed E-state index contributed by atoms with van der Waals surface area (Å²) >= 11 is 0. The lowest BCUT2D eigenvalue weighted by atomic mass is 9.87. The molecule has 130 valence electrons. The van der Waals surface area contributed by atoms with Crippen LogP contribution in [0.2, 0.25) is 0 Å². The molecule has 1 saturated heterocycles. The molecule has 1 fully saturated rings. The molecule has 1 aliphatic rings. The lowest BCUT2D eigenvalue weighted by Crippen LogP contribution is -2.34. The van der Waals surface area contributed by atoms with E-state index in [-0.39, 0.29) is 0 Å². The minimum Gasteiger partial charge on any atom is -0.353 e. The van der Waals surface area contributed by atoms with Gasteiger partial charge in [-0.1, -0.05) is 51.1 Å². The molecule has 0 radical (unpaired) electrons. The number of nitrogens with zero attached hydrogens (tertiary/aromatic N) is 5. The summed E-state index contributed by atoms with van der Waals surface area (Å²) in [5.41, 5.74) is 2.38. The van der Waals surface area contributed by atoms with Crippen LogP contribution in [-0.4, -0.2) is 32.2 Å². The minimum atomic E-state index is 0.310. The average molecular weight is 335 g/mol. The lowest BCUT2D eigenvalue weighted by Gasteiger charge is -2.32. The van der Waals surface area contributed by atoms with Crippen LogP contribution in [0.25, 0.3) is 17.0 Å². The molecule has 0 aliphatic carbocycles. The third-order valence-electron chi connectivity index (χ3n) is 4.82. The van der Waals surface area contributed by atoms with Gasteiger partial charge < -0.3 is 4.90 Å². The predicted octanol–water partition coefficient (Wildman–Crippen LogP) is 4.20. The van der Waals surface area contributed by atoms with Crippen molar-refractivity contribution in [3.63, 3.8) is 0 Å². The largest absolute Gasteiger partial charge is 0.353 e. The van der Waals surface area contributed by atoms with Gasteiger partial charge in [0.25, 0.3) is 5.78 Å². The van der Waals surface area contributed by atoms with Gasteiger partial charge in [0.2, 0.25) is 0 Å². The second-order valence-electron chi connectivity index (χ2n) is 8.09. The molecule has 3 heterocycles. The second-order valence-corrected chi connectivity index (χ2v) is 8.09. The van der Waals surface area contributed by atoms with Crippen molar-refractivity contribution in [2.24, 2.45) is 5.41 Å². The Morgan fingerprint density at radius 3 is 2.72 bits per heavy atom. The summed E-state index contributed by atoms with van der Waals surface area (Å²) < 4.78 is 1.88. The SMILES string of the molecule is CC(C)(C)C[C@@H]1CCCN1c1cc(-c2ccccc2)nc2ncnn12. The Kier molecular flexibility index (Phi) is 3.94. The maximum atomic E-state index is 4.70. The smallest absolute Gasteiger partial charge is 0.254 e. The van der Waals surface area contributed by atoms with Gasteiger partial charge in [0, 0.05) is 24.2 Å². The zero-order chi connectivity index (χ0) is 17.4. The van der Waals surface area contributed by atoms with Crippen LogP contribution < -0.4 is 4.90 Å². The monoisotopic (exact) mass is 335 g/mol. The van der Waals surface area contributed by atoms with Crippen LogP contribution >= 0.6 is 0 Å². The standard InChI is InChI=1S/C20H25N5/c1-20(2,3)13-16-10-7-11-24(16)18-12-17(15-8-5-4-6-9-15)23-19-21-14-22-25(18)19/h4-6,8-9,12,14,16H,7,10-11,13H2,1-3H3/t16-/m0/s1. The Morgan fingerprint density at radius 2 is 1.96 bits per heavy atom. The van der Waals surface area contributed by atoms with Gasteiger partial charge >= 0.3 is 0 Å². The zero-order valence-corrected chi connectivity index (χ0v) is 15.2. The van der Waals surface area contributed by atoms with E-state index in [2.05, 4.69) is 54.0 Å². The first-order valence-electron chi connectivity index (χ1n) is 9.04. The van der Waals surface area contributed by atoms with E-state index in [0.717, 1.165) is 23.6 Å². The third-order valence-corrected chi connectivity index (χ3v) is 4.82. The zero-order valence-electron chi connectivity index (χ0n) is 15.2. The fraction of sp³-hybridized carbons (Fsp3) is 0.450. The van der Waals surface area contributed by atoms with Gasteiger partial charge in [-0.3, -0.25) is 0 Å². The van der Waals surface area contributed by atoms with E-state index in [4.69, 9.17) is 4.98 Å². The number of hydrogen-bond acceptors (Lipinski definition) is 4. The second kappa shape index (κ2) is 6.14. The highest BCUT2D eigenvalue weighted by Gasteiger charge is 2.30. The van der Waals surface area contributed by atoms with E-state index in [0.29, 0.717) is 17.2 Å². The summed E-state index contributed by atoms with van der Waals surface area (Å²) in [7, 11) is 0. The fourth-order valence-electron chi connectivity index (χ4n) is 3.81. The summed E-state index contributed by atoms with van der Waals surface area (Å²) in [5.74, 6) is 1.77. The summed E-state index contributed by atoms with van der Waals surface area (Å²) in [6.45, 7) is 8.01. The fourth-order valence-corrected chi connectivity index (χ4v) is 3.81. The number of fused-ring (bicyclic) bond motifs is 1. The molecular weight excluding hydrogens is 310 g/mol. The van der Waals surface area contributed by atoms with Crippen LogP contribution in [0, 0.1) is 5.41 Å². The van der Waals surface area contributed by atoms with Crippen LogP contribution in [0.15, 0.2) is 42.7 Å². The molecule has 4 rings (SSSR count). The van der Waals surface area contributed by atoms with E-state index in [1.165, 1.54) is 19.3 Å². The topological polar surface area (TPSA) is 46.3 Å². The molecule has 0 bridgehead atoms. The highest BCUT2D eigenvalue weighted by atomic mass is 15.4. The molecule has 3 aromatic rings. The number of hydrogen-bond donors (Lipinski definition) is 0. The predicted molar refractivity (Wildman–Crippen MR) is 101 cm³/mol. The summed E-state index contributed by atoms with van der Waals surface area (Å²) in [5, 5.41) is 4.43. The Balaban J connectivity index is 1.79. The molecule has 5 heteroatoms. The maximum Gasteiger partial charge on any atom is 0.254 e. The number of benzene rings is 1. The molecule has 1 aromatic carbocycles. The molecule has 0 saturated carbocycles. The van der Waals surface area contributed by atoms with Crippen LogP contribution in [0.4, 0.5) is 5.82 Å². The van der Waals surface area contributed by atoms with E-state index in [1.54, 1.807) is 6.33 Å². The maximum absolute atomic E-state index is 4.70. The molecule has 1 aliphatic heterocycles. The summed E-state index contributed by atoms with van der Waals surface area (Å²) in [4.78, 5) is 11.6. The van der Waals surface area contributed by atoms with Crippen molar-refractivity contribution in [1.82, 2.24) is 19.6 Å². The van der Waals surface area contributed by atoms with Crippen molar-refractivity contribution in [2.45, 2.75) is 46.1 Å². The van der Waals surface area contributed by atoms with Crippen molar-refractivity contribution in [3.8, 4) is 11.3 Å². The Hall–Kier alpha value is -2.43. The highest BCUT2D eigenvalue weighted by Crippen LogP contribution is 2.34. The molecular formula is C20H25N5. The van der Waals surface area contributed by atoms with Crippen molar-refractivity contribution in [1.29, 1.82) is 0 Å². The van der Waals surface area contributed by atoms with Gasteiger partial charge in [0.1, 0.15) is 12.1 Å². The summed E-state index contributed by atoms with van der Waals surface area (Å²) in [6, 6.07) is 13.0. The number of rotatable bonds is 3. The molecule has 0 unspecified atom stereocenters. The average Bonchev–Trinajstić information content (AvgIpc) is 3.22. The van der Waals surface area contributed by atoms with Crippen molar-refractivity contribution in [2.75, 3.05) is 11.4 Å². The first-order valence-corrected chi connectivity index (χ1v) is 9.04. The normalized spacial score (nSPS) is 18.2. The molecule has 5 nitrogen and oxygen atoms in total. The van der Waals surface area contributed by atoms with Gasteiger partial charge in [-0.25, -0.2) is 4.98 Å². The van der Waals surface area contributed by atoms with Crippen LogP contribution in [0.5, 0.6) is 0 Å². The first-order chi connectivity index (χ1) is 12.0. The van der Waals surface area contributed by atoms with E-state index >= 15 is 0 Å². The molecule has 1 atom stereocenters. The van der Waals surface area contributed by atoms with Gasteiger partial charge in [0.05, 0.1) is 5.69 Å². The van der Waals surface area contributed by atoms with Crippen LogP contribution in [-0.2, 0) is 0 Å². The molecule has 0 spiro atoms. The van der Waals surface area contributed by atoms with Gasteiger partial charge in [0.15, 0.2) is 0 Å². The Morgan fingerprint density at radius 1 is 1.16 bits per heavy atom. The molecule has 2 aromatic heterocycles. The van der Waals surface area contributed by atoms with Crippen molar-refractivity contribution >= 4 is 11.6 Å². The van der Waals surface area contributed by atoms with Gasteiger partial charge in [-0.05, 0) is 24.7 Å². The van der Waals surface area contributed by atoms with E-state index < -0.39 is 0 Å². The van der Waals surface area contributed by atoms with Crippen molar-refractivity contribution in [3.05, 3.63) is 42.7 Å². The quantitative estimate of drug-likeness (QED) is 0.720. The number of anilines is 1. The summed E-state index contributed by atoms with van der Waals surface area (Å²) in [6.07, 6.45) is 5.22. The Bertz CT molecular complexity index is 863. The Labute approximate surface area is 148 Å². The van der Waals surface area contributed by atoms with E-state index in [1.807, 2.05) is 22.7 Å². The minimum absolute atomic E-state index is 0.310.